The van der Waals surface area contributed by atoms with E-state index in [1.165, 1.54) is 3.97 Å². The van der Waals surface area contributed by atoms with Crippen molar-refractivity contribution < 1.29 is 8.42 Å². The van der Waals surface area contributed by atoms with Crippen LogP contribution in [0.3, 0.4) is 0 Å². The van der Waals surface area contributed by atoms with Crippen LogP contribution in [0.15, 0.2) is 83.8 Å². The molecule has 0 aliphatic rings. The smallest absolute Gasteiger partial charge is 0.238 e. The van der Waals surface area contributed by atoms with Crippen molar-refractivity contribution in [2.75, 3.05) is 0 Å². The lowest BCUT2D eigenvalue weighted by atomic mass is 10.0. The molecule has 0 amide bonds. The van der Waals surface area contributed by atoms with E-state index >= 15 is 0 Å². The number of para-hydroxylation sites is 1. The number of hydrogen-bond acceptors (Lipinski definition) is 2. The van der Waals surface area contributed by atoms with E-state index in [4.69, 9.17) is 0 Å². The van der Waals surface area contributed by atoms with E-state index in [0.717, 1.165) is 27.8 Å². The molecular weight excluding hydrogens is 342 g/mol. The fourth-order valence-corrected chi connectivity index (χ4v) is 4.99. The van der Waals surface area contributed by atoms with Crippen LogP contribution in [0.25, 0.3) is 22.0 Å². The molecule has 4 rings (SSSR count). The Morgan fingerprint density at radius 2 is 1.35 bits per heavy atom. The second kappa shape index (κ2) is 6.15. The third-order valence-corrected chi connectivity index (χ3v) is 6.50. The highest BCUT2D eigenvalue weighted by atomic mass is 32.2. The first-order chi connectivity index (χ1) is 12.5. The molecule has 4 aromatic rings. The molecule has 0 spiro atoms. The molecule has 0 radical (unpaired) electrons. The summed E-state index contributed by atoms with van der Waals surface area (Å²) in [6.45, 7) is 3.81. The maximum absolute atomic E-state index is 13.4. The second-order valence-electron chi connectivity index (χ2n) is 6.43. The fraction of sp³-hybridized carbons (Fsp3) is 0.0909. The predicted molar refractivity (Wildman–Crippen MR) is 106 cm³/mol. The highest BCUT2D eigenvalue weighted by Crippen LogP contribution is 2.36. The first-order valence-electron chi connectivity index (χ1n) is 8.48. The molecule has 3 aromatic carbocycles. The molecule has 0 saturated heterocycles. The van der Waals surface area contributed by atoms with Gasteiger partial charge >= 0.3 is 0 Å². The zero-order chi connectivity index (χ0) is 18.3. The van der Waals surface area contributed by atoms with Crippen molar-refractivity contribution in [3.05, 3.63) is 90.1 Å². The minimum absolute atomic E-state index is 0.298. The molecule has 0 unspecified atom stereocenters. The summed E-state index contributed by atoms with van der Waals surface area (Å²) in [5.74, 6) is 0. The van der Waals surface area contributed by atoms with Crippen LogP contribution in [-0.2, 0) is 10.0 Å². The number of nitrogens with zero attached hydrogens (tertiary/aromatic N) is 1. The van der Waals surface area contributed by atoms with Gasteiger partial charge in [-0.3, -0.25) is 0 Å². The van der Waals surface area contributed by atoms with Gasteiger partial charge in [-0.1, -0.05) is 66.2 Å². The predicted octanol–water partition coefficient (Wildman–Crippen LogP) is 5.16. The molecule has 0 N–H and O–H groups in total. The van der Waals surface area contributed by atoms with E-state index in [-0.39, 0.29) is 0 Å². The molecule has 0 fully saturated rings. The highest BCUT2D eigenvalue weighted by molar-refractivity contribution is 7.90. The maximum Gasteiger partial charge on any atom is 0.268 e. The molecule has 0 atom stereocenters. The van der Waals surface area contributed by atoms with Gasteiger partial charge in [0.05, 0.1) is 10.4 Å². The van der Waals surface area contributed by atoms with Gasteiger partial charge in [0.15, 0.2) is 0 Å². The van der Waals surface area contributed by atoms with Crippen molar-refractivity contribution in [3.8, 4) is 11.1 Å². The maximum atomic E-state index is 13.4. The summed E-state index contributed by atoms with van der Waals surface area (Å²) in [6, 6.07) is 24.6. The standard InChI is InChI=1S/C22H19NO2S/c1-16-12-14-19(15-13-16)26(24,25)23-17(2)22(18-8-4-3-5-9-18)20-10-6-7-11-21(20)23/h3-15H,1-2H3. The average molecular weight is 361 g/mol. The number of hydrogen-bond donors (Lipinski definition) is 0. The fourth-order valence-electron chi connectivity index (χ4n) is 3.43. The molecule has 1 aromatic heterocycles. The zero-order valence-corrected chi connectivity index (χ0v) is 15.5. The molecule has 3 nitrogen and oxygen atoms in total. The third-order valence-electron chi connectivity index (χ3n) is 4.68. The number of fused-ring (bicyclic) bond motifs is 1. The van der Waals surface area contributed by atoms with Crippen molar-refractivity contribution >= 4 is 20.9 Å². The normalized spacial score (nSPS) is 11.8. The Balaban J connectivity index is 2.06. The van der Waals surface area contributed by atoms with Crippen LogP contribution in [0.4, 0.5) is 0 Å². The monoisotopic (exact) mass is 361 g/mol. The SMILES string of the molecule is Cc1ccc(S(=O)(=O)n2c(C)c(-c3ccccc3)c3ccccc32)cc1. The summed E-state index contributed by atoms with van der Waals surface area (Å²) < 4.78 is 28.2. The van der Waals surface area contributed by atoms with Crippen molar-refractivity contribution in [1.29, 1.82) is 0 Å². The quantitative estimate of drug-likeness (QED) is 0.505. The molecule has 130 valence electrons. The molecule has 0 saturated carbocycles. The number of rotatable bonds is 3. The van der Waals surface area contributed by atoms with Crippen molar-refractivity contribution in [2.24, 2.45) is 0 Å². The summed E-state index contributed by atoms with van der Waals surface area (Å²) in [5.41, 5.74) is 4.42. The van der Waals surface area contributed by atoms with E-state index < -0.39 is 10.0 Å². The lowest BCUT2D eigenvalue weighted by molar-refractivity contribution is 0.588. The summed E-state index contributed by atoms with van der Waals surface area (Å²) in [7, 11) is -3.68. The topological polar surface area (TPSA) is 39.1 Å². The zero-order valence-electron chi connectivity index (χ0n) is 14.7. The summed E-state index contributed by atoms with van der Waals surface area (Å²) in [4.78, 5) is 0.298. The van der Waals surface area contributed by atoms with Crippen molar-refractivity contribution in [3.63, 3.8) is 0 Å². The van der Waals surface area contributed by atoms with Crippen LogP contribution in [0, 0.1) is 13.8 Å². The third kappa shape index (κ3) is 2.54. The average Bonchev–Trinajstić information content (AvgIpc) is 2.95. The number of aromatic nitrogens is 1. The molecule has 0 aliphatic heterocycles. The summed E-state index contributed by atoms with van der Waals surface area (Å²) in [6.07, 6.45) is 0. The Bertz CT molecular complexity index is 1190. The molecule has 4 heteroatoms. The molecule has 0 bridgehead atoms. The molecule has 26 heavy (non-hydrogen) atoms. The van der Waals surface area contributed by atoms with Crippen molar-refractivity contribution in [2.45, 2.75) is 18.7 Å². The van der Waals surface area contributed by atoms with E-state index in [9.17, 15) is 8.42 Å². The van der Waals surface area contributed by atoms with Gasteiger partial charge in [0.1, 0.15) is 0 Å². The van der Waals surface area contributed by atoms with Gasteiger partial charge in [0.25, 0.3) is 10.0 Å². The van der Waals surface area contributed by atoms with Gasteiger partial charge in [-0.25, -0.2) is 12.4 Å². The molecule has 0 aliphatic carbocycles. The lowest BCUT2D eigenvalue weighted by Crippen LogP contribution is -2.14. The van der Waals surface area contributed by atoms with Crippen LogP contribution in [0.5, 0.6) is 0 Å². The summed E-state index contributed by atoms with van der Waals surface area (Å²) in [5, 5.41) is 0.937. The van der Waals surface area contributed by atoms with Crippen LogP contribution in [0.1, 0.15) is 11.3 Å². The minimum Gasteiger partial charge on any atom is -0.238 e. The van der Waals surface area contributed by atoms with Gasteiger partial charge < -0.3 is 0 Å². The molecular formula is C22H19NO2S. The van der Waals surface area contributed by atoms with Crippen LogP contribution >= 0.6 is 0 Å². The van der Waals surface area contributed by atoms with Gasteiger partial charge in [-0.15, -0.1) is 0 Å². The Morgan fingerprint density at radius 3 is 2.04 bits per heavy atom. The Kier molecular flexibility index (Phi) is 3.93. The Hall–Kier alpha value is -2.85. The Morgan fingerprint density at radius 1 is 0.731 bits per heavy atom. The van der Waals surface area contributed by atoms with E-state index in [2.05, 4.69) is 0 Å². The first kappa shape index (κ1) is 16.6. The number of aryl methyl sites for hydroxylation is 1. The highest BCUT2D eigenvalue weighted by Gasteiger charge is 2.25. The largest absolute Gasteiger partial charge is 0.268 e. The Labute approximate surface area is 153 Å². The first-order valence-corrected chi connectivity index (χ1v) is 9.92. The number of benzene rings is 3. The van der Waals surface area contributed by atoms with E-state index in [1.807, 2.05) is 80.6 Å². The molecule has 1 heterocycles. The van der Waals surface area contributed by atoms with Gasteiger partial charge in [0, 0.05) is 16.6 Å². The van der Waals surface area contributed by atoms with Gasteiger partial charge in [-0.05, 0) is 37.6 Å². The van der Waals surface area contributed by atoms with Gasteiger partial charge in [0.2, 0.25) is 0 Å². The van der Waals surface area contributed by atoms with Crippen LogP contribution in [0.2, 0.25) is 0 Å². The van der Waals surface area contributed by atoms with E-state index in [0.29, 0.717) is 10.4 Å². The lowest BCUT2D eigenvalue weighted by Gasteiger charge is -2.11. The second-order valence-corrected chi connectivity index (χ2v) is 8.21. The van der Waals surface area contributed by atoms with Crippen LogP contribution in [-0.4, -0.2) is 12.4 Å². The van der Waals surface area contributed by atoms with Crippen molar-refractivity contribution in [1.82, 2.24) is 3.97 Å². The van der Waals surface area contributed by atoms with E-state index in [1.54, 1.807) is 12.1 Å². The van der Waals surface area contributed by atoms with Crippen LogP contribution < -0.4 is 0 Å². The minimum atomic E-state index is -3.68. The van der Waals surface area contributed by atoms with Gasteiger partial charge in [-0.2, -0.15) is 0 Å². The summed E-state index contributed by atoms with van der Waals surface area (Å²) >= 11 is 0.